The third-order valence-corrected chi connectivity index (χ3v) is 5.42. The molecule has 0 aromatic heterocycles. The van der Waals surface area contributed by atoms with Gasteiger partial charge in [-0.15, -0.1) is 11.8 Å². The van der Waals surface area contributed by atoms with Gasteiger partial charge in [0.15, 0.2) is 5.11 Å². The van der Waals surface area contributed by atoms with Crippen LogP contribution in [0.15, 0.2) is 41.3 Å². The van der Waals surface area contributed by atoms with Crippen LogP contribution in [-0.2, 0) is 0 Å². The van der Waals surface area contributed by atoms with Crippen LogP contribution in [0.3, 0.4) is 0 Å². The number of thiocarbonyl (C=S) groups is 1. The van der Waals surface area contributed by atoms with Crippen LogP contribution < -0.4 is 10.6 Å². The Morgan fingerprint density at radius 1 is 1.17 bits per heavy atom. The first-order valence-corrected chi connectivity index (χ1v) is 8.99. The molecule has 1 atom stereocenters. The van der Waals surface area contributed by atoms with Gasteiger partial charge in [-0.25, -0.2) is 4.39 Å². The third-order valence-electron chi connectivity index (χ3n) is 4.08. The lowest BCUT2D eigenvalue weighted by atomic mass is 10.0. The molecule has 0 bridgehead atoms. The maximum absolute atomic E-state index is 13.5. The predicted octanol–water partition coefficient (Wildman–Crippen LogP) is 4.97. The van der Waals surface area contributed by atoms with Crippen LogP contribution in [-0.4, -0.2) is 10.9 Å². The van der Waals surface area contributed by atoms with Crippen LogP contribution in [0.25, 0.3) is 0 Å². The maximum atomic E-state index is 13.5. The smallest absolute Gasteiger partial charge is 0.171 e. The van der Waals surface area contributed by atoms with Crippen molar-refractivity contribution in [1.82, 2.24) is 5.32 Å². The molecule has 0 unspecified atom stereocenters. The Kier molecular flexibility index (Phi) is 4.87. The van der Waals surface area contributed by atoms with Crippen molar-refractivity contribution in [2.75, 3.05) is 11.1 Å². The number of halogens is 1. The maximum Gasteiger partial charge on any atom is 0.171 e. The summed E-state index contributed by atoms with van der Waals surface area (Å²) >= 11 is 7.20. The molecule has 0 fully saturated rings. The number of rotatable bonds is 2. The molecule has 0 radical (unpaired) electrons. The van der Waals surface area contributed by atoms with Gasteiger partial charge in [0.2, 0.25) is 0 Å². The molecule has 3 rings (SSSR count). The highest BCUT2D eigenvalue weighted by molar-refractivity contribution is 7.99. The summed E-state index contributed by atoms with van der Waals surface area (Å²) in [4.78, 5) is 1.13. The lowest BCUT2D eigenvalue weighted by Crippen LogP contribution is -2.34. The van der Waals surface area contributed by atoms with Gasteiger partial charge in [-0.1, -0.05) is 6.07 Å². The Morgan fingerprint density at radius 2 is 2.00 bits per heavy atom. The molecule has 2 aromatic carbocycles. The summed E-state index contributed by atoms with van der Waals surface area (Å²) in [5, 5.41) is 7.12. The van der Waals surface area contributed by atoms with Crippen LogP contribution in [0, 0.1) is 19.7 Å². The molecule has 1 aliphatic rings. The van der Waals surface area contributed by atoms with Crippen LogP contribution in [0.1, 0.15) is 29.2 Å². The molecule has 0 saturated heterocycles. The molecule has 2 N–H and O–H groups in total. The molecular weight excluding hydrogens is 327 g/mol. The van der Waals surface area contributed by atoms with E-state index in [1.807, 2.05) is 12.1 Å². The summed E-state index contributed by atoms with van der Waals surface area (Å²) in [6.45, 7) is 4.16. The van der Waals surface area contributed by atoms with E-state index in [9.17, 15) is 4.39 Å². The van der Waals surface area contributed by atoms with E-state index >= 15 is 0 Å². The highest BCUT2D eigenvalue weighted by Crippen LogP contribution is 2.36. The van der Waals surface area contributed by atoms with Gasteiger partial charge >= 0.3 is 0 Å². The topological polar surface area (TPSA) is 24.1 Å². The summed E-state index contributed by atoms with van der Waals surface area (Å²) in [6, 6.07) is 11.2. The molecule has 0 spiro atoms. The largest absolute Gasteiger partial charge is 0.356 e. The van der Waals surface area contributed by atoms with E-state index in [4.69, 9.17) is 12.2 Å². The van der Waals surface area contributed by atoms with E-state index in [0.29, 0.717) is 5.11 Å². The van der Waals surface area contributed by atoms with Gasteiger partial charge in [0.1, 0.15) is 5.82 Å². The number of thioether (sulfide) groups is 1. The first kappa shape index (κ1) is 16.3. The van der Waals surface area contributed by atoms with E-state index in [1.54, 1.807) is 17.8 Å². The molecule has 2 nitrogen and oxygen atoms in total. The summed E-state index contributed by atoms with van der Waals surface area (Å²) in [5.41, 5.74) is 4.43. The number of fused-ring (bicyclic) bond motifs is 1. The first-order chi connectivity index (χ1) is 11.0. The Bertz CT molecular complexity index is 746. The fourth-order valence-electron chi connectivity index (χ4n) is 2.66. The Balaban J connectivity index is 1.71. The molecule has 0 saturated carbocycles. The Hall–Kier alpha value is -1.59. The lowest BCUT2D eigenvalue weighted by molar-refractivity contribution is 0.587. The number of hydrogen-bond acceptors (Lipinski definition) is 2. The average Bonchev–Trinajstić information content (AvgIpc) is 2.51. The third kappa shape index (κ3) is 3.85. The Morgan fingerprint density at radius 3 is 2.78 bits per heavy atom. The van der Waals surface area contributed by atoms with Crippen molar-refractivity contribution in [1.29, 1.82) is 0 Å². The van der Waals surface area contributed by atoms with Gasteiger partial charge in [0, 0.05) is 16.3 Å². The first-order valence-electron chi connectivity index (χ1n) is 7.60. The number of hydrogen-bond donors (Lipinski definition) is 2. The predicted molar refractivity (Wildman–Crippen MR) is 99.8 cm³/mol. The van der Waals surface area contributed by atoms with Crippen LogP contribution in [0.2, 0.25) is 0 Å². The summed E-state index contributed by atoms with van der Waals surface area (Å²) in [6.07, 6.45) is 0.926. The lowest BCUT2D eigenvalue weighted by Gasteiger charge is -2.27. The number of anilines is 1. The standard InChI is InChI=1S/C18H19FN2S2/c1-11-3-5-14(9-12(11)2)20-18(22)21-16-7-8-23-17-6-4-13(19)10-15(16)17/h3-6,9-10,16H,7-8H2,1-2H3,(H2,20,21,22)/t16-/m0/s1. The van der Waals surface area contributed by atoms with Crippen molar-refractivity contribution >= 4 is 34.8 Å². The second kappa shape index (κ2) is 6.89. The monoisotopic (exact) mass is 346 g/mol. The van der Waals surface area contributed by atoms with E-state index in [0.717, 1.165) is 28.3 Å². The van der Waals surface area contributed by atoms with Crippen molar-refractivity contribution in [3.05, 3.63) is 58.9 Å². The molecule has 1 aliphatic heterocycles. The molecule has 1 heterocycles. The molecule has 5 heteroatoms. The molecule has 0 aliphatic carbocycles. The summed E-state index contributed by atoms with van der Waals surface area (Å²) in [5.74, 6) is 0.800. The quantitative estimate of drug-likeness (QED) is 0.750. The minimum atomic E-state index is -0.203. The number of benzene rings is 2. The van der Waals surface area contributed by atoms with Crippen LogP contribution >= 0.6 is 24.0 Å². The van der Waals surface area contributed by atoms with Gasteiger partial charge in [-0.05, 0) is 79.5 Å². The molecular formula is C18H19FN2S2. The number of nitrogens with one attached hydrogen (secondary N) is 2. The zero-order valence-electron chi connectivity index (χ0n) is 13.2. The van der Waals surface area contributed by atoms with Crippen LogP contribution in [0.4, 0.5) is 10.1 Å². The van der Waals surface area contributed by atoms with E-state index < -0.39 is 0 Å². The number of aryl methyl sites for hydroxylation is 2. The second-order valence-electron chi connectivity index (χ2n) is 5.77. The highest BCUT2D eigenvalue weighted by Gasteiger charge is 2.22. The average molecular weight is 346 g/mol. The minimum Gasteiger partial charge on any atom is -0.356 e. The SMILES string of the molecule is Cc1ccc(NC(=S)N[C@H]2CCSc3ccc(F)cc32)cc1C. The fraction of sp³-hybridized carbons (Fsp3) is 0.278. The zero-order chi connectivity index (χ0) is 16.4. The van der Waals surface area contributed by atoms with Gasteiger partial charge < -0.3 is 10.6 Å². The Labute approximate surface area is 145 Å². The van der Waals surface area contributed by atoms with Gasteiger partial charge in [-0.2, -0.15) is 0 Å². The molecule has 120 valence electrons. The van der Waals surface area contributed by atoms with Crippen molar-refractivity contribution < 1.29 is 4.39 Å². The summed E-state index contributed by atoms with van der Waals surface area (Å²) in [7, 11) is 0. The normalized spacial score (nSPS) is 16.6. The fourth-order valence-corrected chi connectivity index (χ4v) is 4.03. The zero-order valence-corrected chi connectivity index (χ0v) is 14.8. The van der Waals surface area contributed by atoms with E-state index in [2.05, 4.69) is 36.6 Å². The van der Waals surface area contributed by atoms with Crippen molar-refractivity contribution in [3.63, 3.8) is 0 Å². The molecule has 23 heavy (non-hydrogen) atoms. The van der Waals surface area contributed by atoms with Gasteiger partial charge in [-0.3, -0.25) is 0 Å². The van der Waals surface area contributed by atoms with E-state index in [-0.39, 0.29) is 11.9 Å². The van der Waals surface area contributed by atoms with Crippen molar-refractivity contribution in [2.24, 2.45) is 0 Å². The molecule has 2 aromatic rings. The van der Waals surface area contributed by atoms with Crippen LogP contribution in [0.5, 0.6) is 0 Å². The summed E-state index contributed by atoms with van der Waals surface area (Å²) < 4.78 is 13.5. The second-order valence-corrected chi connectivity index (χ2v) is 7.31. The highest BCUT2D eigenvalue weighted by atomic mass is 32.2. The van der Waals surface area contributed by atoms with Gasteiger partial charge in [0.25, 0.3) is 0 Å². The minimum absolute atomic E-state index is 0.0495. The van der Waals surface area contributed by atoms with Gasteiger partial charge in [0.05, 0.1) is 6.04 Å². The molecule has 0 amide bonds. The van der Waals surface area contributed by atoms with Crippen molar-refractivity contribution in [3.8, 4) is 0 Å². The van der Waals surface area contributed by atoms with Crippen molar-refractivity contribution in [2.45, 2.75) is 31.2 Å². The van der Waals surface area contributed by atoms with E-state index in [1.165, 1.54) is 17.2 Å².